The van der Waals surface area contributed by atoms with Crippen LogP contribution in [0.25, 0.3) is 21.3 Å². The molecule has 27 heavy (non-hydrogen) atoms. The summed E-state index contributed by atoms with van der Waals surface area (Å²) in [5.41, 5.74) is 2.80. The van der Waals surface area contributed by atoms with Crippen molar-refractivity contribution in [2.75, 3.05) is 0 Å². The maximum absolute atomic E-state index is 12.8. The normalized spacial score (nSPS) is 18.1. The topological polar surface area (TPSA) is 71.8 Å². The molecule has 0 aliphatic heterocycles. The van der Waals surface area contributed by atoms with Gasteiger partial charge in [-0.3, -0.25) is 4.79 Å². The van der Waals surface area contributed by atoms with Gasteiger partial charge in [0, 0.05) is 4.88 Å². The van der Waals surface area contributed by atoms with Gasteiger partial charge in [-0.25, -0.2) is 9.97 Å². The van der Waals surface area contributed by atoms with Crippen LogP contribution in [0.1, 0.15) is 41.8 Å². The molecule has 1 aliphatic carbocycles. The number of nitrogens with one attached hydrogen (secondary N) is 1. The second-order valence-electron chi connectivity index (χ2n) is 7.19. The molecule has 1 aliphatic rings. The molecule has 4 aromatic rings. The van der Waals surface area contributed by atoms with Crippen LogP contribution in [-0.2, 0) is 12.8 Å². The van der Waals surface area contributed by atoms with Crippen molar-refractivity contribution < 1.29 is 4.42 Å². The van der Waals surface area contributed by atoms with Gasteiger partial charge in [-0.05, 0) is 49.8 Å². The number of H-pyrrole nitrogens is 1. The maximum atomic E-state index is 12.8. The summed E-state index contributed by atoms with van der Waals surface area (Å²) in [6.45, 7) is 4.29. The van der Waals surface area contributed by atoms with Gasteiger partial charge in [0.15, 0.2) is 5.58 Å². The first-order valence-electron chi connectivity index (χ1n) is 9.15. The number of hydrogen-bond acceptors (Lipinski definition) is 6. The van der Waals surface area contributed by atoms with Crippen LogP contribution in [0.3, 0.4) is 0 Å². The molecule has 5 rings (SSSR count). The standard InChI is InChI=1S/C20H19N3O2S2/c1-10-7-8-12-15(9-10)27-19-16(12)18(24)22-17(23-19)11(2)26-20-21-13-5-3-4-6-14(13)25-20/h3-6,10-11H,7-9H2,1-2H3,(H,22,23,24)/t10-,11+/m1/s1. The zero-order valence-corrected chi connectivity index (χ0v) is 16.7. The molecule has 0 fully saturated rings. The van der Waals surface area contributed by atoms with Crippen LogP contribution < -0.4 is 5.56 Å². The Bertz CT molecular complexity index is 1170. The van der Waals surface area contributed by atoms with Crippen LogP contribution in [0.2, 0.25) is 0 Å². The van der Waals surface area contributed by atoms with Gasteiger partial charge in [0.1, 0.15) is 16.2 Å². The number of thioether (sulfide) groups is 1. The average molecular weight is 398 g/mol. The highest BCUT2D eigenvalue weighted by atomic mass is 32.2. The Morgan fingerprint density at radius 3 is 3.04 bits per heavy atom. The summed E-state index contributed by atoms with van der Waals surface area (Å²) in [4.78, 5) is 27.3. The van der Waals surface area contributed by atoms with Crippen LogP contribution in [0.15, 0.2) is 38.7 Å². The largest absolute Gasteiger partial charge is 0.431 e. The smallest absolute Gasteiger partial charge is 0.259 e. The molecule has 0 saturated carbocycles. The Morgan fingerprint density at radius 1 is 1.33 bits per heavy atom. The van der Waals surface area contributed by atoms with E-state index < -0.39 is 0 Å². The highest BCUT2D eigenvalue weighted by Gasteiger charge is 2.24. The van der Waals surface area contributed by atoms with Crippen molar-refractivity contribution in [2.45, 2.75) is 43.6 Å². The average Bonchev–Trinajstić information content (AvgIpc) is 3.21. The van der Waals surface area contributed by atoms with Crippen molar-refractivity contribution in [1.29, 1.82) is 0 Å². The van der Waals surface area contributed by atoms with Crippen molar-refractivity contribution in [2.24, 2.45) is 5.92 Å². The second-order valence-corrected chi connectivity index (χ2v) is 9.57. The quantitative estimate of drug-likeness (QED) is 0.487. The minimum absolute atomic E-state index is 0.0212. The van der Waals surface area contributed by atoms with Gasteiger partial charge in [-0.15, -0.1) is 11.3 Å². The summed E-state index contributed by atoms with van der Waals surface area (Å²) in [6.07, 6.45) is 3.18. The molecule has 0 saturated heterocycles. The number of thiophene rings is 1. The molecule has 3 aromatic heterocycles. The Kier molecular flexibility index (Phi) is 4.09. The molecule has 0 radical (unpaired) electrons. The van der Waals surface area contributed by atoms with Crippen LogP contribution in [0.4, 0.5) is 0 Å². The van der Waals surface area contributed by atoms with Gasteiger partial charge < -0.3 is 9.40 Å². The minimum Gasteiger partial charge on any atom is -0.431 e. The third kappa shape index (κ3) is 2.99. The number of benzene rings is 1. The number of aromatic amines is 1. The minimum atomic E-state index is -0.0618. The lowest BCUT2D eigenvalue weighted by molar-refractivity contribution is 0.488. The molecule has 0 amide bonds. The number of fused-ring (bicyclic) bond motifs is 4. The monoisotopic (exact) mass is 397 g/mol. The van der Waals surface area contributed by atoms with E-state index >= 15 is 0 Å². The summed E-state index contributed by atoms with van der Waals surface area (Å²) in [5, 5.41) is 1.32. The van der Waals surface area contributed by atoms with E-state index in [2.05, 4.69) is 16.9 Å². The van der Waals surface area contributed by atoms with E-state index in [0.29, 0.717) is 17.0 Å². The van der Waals surface area contributed by atoms with Gasteiger partial charge in [0.25, 0.3) is 10.8 Å². The predicted molar refractivity (Wildman–Crippen MR) is 110 cm³/mol. The Labute approximate surface area is 164 Å². The summed E-state index contributed by atoms with van der Waals surface area (Å²) in [5.74, 6) is 1.35. The zero-order chi connectivity index (χ0) is 18.5. The lowest BCUT2D eigenvalue weighted by Crippen LogP contribution is -2.15. The molecule has 3 heterocycles. The van der Waals surface area contributed by atoms with Crippen molar-refractivity contribution in [1.82, 2.24) is 15.0 Å². The van der Waals surface area contributed by atoms with Gasteiger partial charge in [0.2, 0.25) is 0 Å². The first-order valence-corrected chi connectivity index (χ1v) is 10.8. The van der Waals surface area contributed by atoms with Crippen LogP contribution >= 0.6 is 23.1 Å². The molecule has 138 valence electrons. The van der Waals surface area contributed by atoms with E-state index in [1.54, 1.807) is 11.3 Å². The molecule has 0 unspecified atom stereocenters. The molecule has 1 aromatic carbocycles. The second kappa shape index (κ2) is 6.49. The molecular formula is C20H19N3O2S2. The number of aryl methyl sites for hydroxylation is 1. The first kappa shape index (κ1) is 17.0. The Morgan fingerprint density at radius 2 is 2.19 bits per heavy atom. The molecular weight excluding hydrogens is 378 g/mol. The lowest BCUT2D eigenvalue weighted by atomic mass is 9.89. The van der Waals surface area contributed by atoms with Gasteiger partial charge in [-0.2, -0.15) is 0 Å². The van der Waals surface area contributed by atoms with Crippen LogP contribution in [0.5, 0.6) is 0 Å². The summed E-state index contributed by atoms with van der Waals surface area (Å²) in [7, 11) is 0. The SMILES string of the molecule is C[C@@H]1CCc2c(sc3nc([C@H](C)Sc4nc5ccccc5o4)[nH]c(=O)c23)C1. The predicted octanol–water partition coefficient (Wildman–Crippen LogP) is 5.10. The number of nitrogens with zero attached hydrogens (tertiary/aromatic N) is 2. The number of hydrogen-bond donors (Lipinski definition) is 1. The van der Waals surface area contributed by atoms with Crippen LogP contribution in [0, 0.1) is 5.92 Å². The van der Waals surface area contributed by atoms with Crippen molar-refractivity contribution >= 4 is 44.4 Å². The molecule has 2 atom stereocenters. The Hall–Kier alpha value is -2.12. The number of oxazole rings is 1. The van der Waals surface area contributed by atoms with E-state index in [1.807, 2.05) is 31.2 Å². The fourth-order valence-electron chi connectivity index (χ4n) is 3.67. The lowest BCUT2D eigenvalue weighted by Gasteiger charge is -2.17. The fourth-order valence-corrected chi connectivity index (χ4v) is 5.87. The molecule has 0 bridgehead atoms. The molecule has 1 N–H and O–H groups in total. The molecule has 7 heteroatoms. The highest BCUT2D eigenvalue weighted by Crippen LogP contribution is 2.38. The number of rotatable bonds is 3. The third-order valence-corrected chi connectivity index (χ3v) is 7.22. The van der Waals surface area contributed by atoms with Crippen LogP contribution in [-0.4, -0.2) is 15.0 Å². The summed E-state index contributed by atoms with van der Waals surface area (Å²) < 4.78 is 5.79. The molecule has 0 spiro atoms. The zero-order valence-electron chi connectivity index (χ0n) is 15.1. The molecule has 5 nitrogen and oxygen atoms in total. The van der Waals surface area contributed by atoms with Gasteiger partial charge in [-0.1, -0.05) is 30.8 Å². The van der Waals surface area contributed by atoms with Crippen molar-refractivity contribution in [3.8, 4) is 0 Å². The summed E-state index contributed by atoms with van der Waals surface area (Å²) >= 11 is 3.15. The van der Waals surface area contributed by atoms with E-state index in [1.165, 1.54) is 22.2 Å². The van der Waals surface area contributed by atoms with Crippen molar-refractivity contribution in [3.05, 3.63) is 50.9 Å². The van der Waals surface area contributed by atoms with E-state index in [0.717, 1.165) is 40.6 Å². The third-order valence-electron chi connectivity index (χ3n) is 5.12. The maximum Gasteiger partial charge on any atom is 0.259 e. The first-order chi connectivity index (χ1) is 13.1. The van der Waals surface area contributed by atoms with E-state index in [9.17, 15) is 4.79 Å². The number of para-hydroxylation sites is 2. The van der Waals surface area contributed by atoms with Gasteiger partial charge >= 0.3 is 0 Å². The fraction of sp³-hybridized carbons (Fsp3) is 0.350. The van der Waals surface area contributed by atoms with E-state index in [-0.39, 0.29) is 10.8 Å². The summed E-state index contributed by atoms with van der Waals surface area (Å²) in [6, 6.07) is 7.70. The van der Waals surface area contributed by atoms with E-state index in [4.69, 9.17) is 9.40 Å². The number of aromatic nitrogens is 3. The highest BCUT2D eigenvalue weighted by molar-refractivity contribution is 7.99. The van der Waals surface area contributed by atoms with Crippen molar-refractivity contribution in [3.63, 3.8) is 0 Å². The van der Waals surface area contributed by atoms with Gasteiger partial charge in [0.05, 0.1) is 10.6 Å². The Balaban J connectivity index is 1.49.